The number of carbonyl (C=O) groups excluding carboxylic acids is 1. The maximum Gasteiger partial charge on any atom is 0.251 e. The van der Waals surface area contributed by atoms with E-state index >= 15 is 0 Å². The molecule has 0 unspecified atom stereocenters. The highest BCUT2D eigenvalue weighted by atomic mass is 16.5. The summed E-state index contributed by atoms with van der Waals surface area (Å²) in [7, 11) is 0. The van der Waals surface area contributed by atoms with Crippen LogP contribution in [0.1, 0.15) is 36.7 Å². The van der Waals surface area contributed by atoms with Crippen molar-refractivity contribution in [2.45, 2.75) is 26.2 Å². The van der Waals surface area contributed by atoms with Gasteiger partial charge < -0.3 is 15.8 Å². The molecule has 1 amide bonds. The molecule has 0 bridgehead atoms. The average molecular weight is 312 g/mol. The summed E-state index contributed by atoms with van der Waals surface area (Å²) < 4.78 is 5.54. The Hall–Kier alpha value is -2.49. The molecule has 4 nitrogen and oxygen atoms in total. The van der Waals surface area contributed by atoms with Crippen LogP contribution in [0.3, 0.4) is 0 Å². The Morgan fingerprint density at radius 2 is 1.83 bits per heavy atom. The number of amides is 1. The summed E-state index contributed by atoms with van der Waals surface area (Å²) in [6.45, 7) is 7.28. The van der Waals surface area contributed by atoms with Gasteiger partial charge >= 0.3 is 0 Å². The molecular weight excluding hydrogens is 288 g/mol. The number of benzene rings is 2. The maximum absolute atomic E-state index is 12.1. The van der Waals surface area contributed by atoms with Crippen LogP contribution in [0.2, 0.25) is 0 Å². The third-order valence-electron chi connectivity index (χ3n) is 3.53. The minimum absolute atomic E-state index is 0.0837. The van der Waals surface area contributed by atoms with Crippen molar-refractivity contribution >= 4 is 11.6 Å². The smallest absolute Gasteiger partial charge is 0.251 e. The van der Waals surface area contributed by atoms with Crippen molar-refractivity contribution < 1.29 is 9.53 Å². The van der Waals surface area contributed by atoms with Gasteiger partial charge in [-0.1, -0.05) is 39.0 Å². The fourth-order valence-electron chi connectivity index (χ4n) is 2.16. The molecule has 0 heterocycles. The molecule has 0 aliphatic rings. The lowest BCUT2D eigenvalue weighted by molar-refractivity contribution is 0.0947. The molecule has 23 heavy (non-hydrogen) atoms. The van der Waals surface area contributed by atoms with E-state index < -0.39 is 0 Å². The SMILES string of the molecule is CC(C)(C)c1ccc(C(=O)NCCOc2cccc(N)c2)cc1. The van der Waals surface area contributed by atoms with E-state index in [1.165, 1.54) is 5.56 Å². The molecule has 4 heteroatoms. The third-order valence-corrected chi connectivity index (χ3v) is 3.53. The summed E-state index contributed by atoms with van der Waals surface area (Å²) in [5, 5.41) is 2.85. The highest BCUT2D eigenvalue weighted by molar-refractivity contribution is 5.94. The van der Waals surface area contributed by atoms with Gasteiger partial charge in [0.25, 0.3) is 5.91 Å². The number of nitrogens with two attached hydrogens (primary N) is 1. The zero-order valence-electron chi connectivity index (χ0n) is 13.9. The van der Waals surface area contributed by atoms with Gasteiger partial charge in [-0.05, 0) is 35.2 Å². The van der Waals surface area contributed by atoms with Gasteiger partial charge in [-0.3, -0.25) is 4.79 Å². The second-order valence-corrected chi connectivity index (χ2v) is 6.50. The predicted octanol–water partition coefficient (Wildman–Crippen LogP) is 3.38. The van der Waals surface area contributed by atoms with Gasteiger partial charge in [-0.15, -0.1) is 0 Å². The standard InChI is InChI=1S/C19H24N2O2/c1-19(2,3)15-9-7-14(8-10-15)18(22)21-11-12-23-17-6-4-5-16(20)13-17/h4-10,13H,11-12,20H2,1-3H3,(H,21,22). The maximum atomic E-state index is 12.1. The first-order chi connectivity index (χ1) is 10.9. The molecule has 0 atom stereocenters. The summed E-state index contributed by atoms with van der Waals surface area (Å²) >= 11 is 0. The van der Waals surface area contributed by atoms with Crippen LogP contribution in [0.5, 0.6) is 5.75 Å². The molecular formula is C19H24N2O2. The molecule has 2 aromatic rings. The Balaban J connectivity index is 1.81. The van der Waals surface area contributed by atoms with Gasteiger partial charge in [0, 0.05) is 17.3 Å². The Bertz CT molecular complexity index is 658. The van der Waals surface area contributed by atoms with Gasteiger partial charge in [0.1, 0.15) is 12.4 Å². The Morgan fingerprint density at radius 1 is 1.13 bits per heavy atom. The third kappa shape index (κ3) is 5.02. The van der Waals surface area contributed by atoms with E-state index in [0.29, 0.717) is 30.2 Å². The highest BCUT2D eigenvalue weighted by Gasteiger charge is 2.14. The van der Waals surface area contributed by atoms with E-state index in [0.717, 1.165) is 0 Å². The van der Waals surface area contributed by atoms with Crippen LogP contribution in [0.4, 0.5) is 5.69 Å². The highest BCUT2D eigenvalue weighted by Crippen LogP contribution is 2.22. The molecule has 0 radical (unpaired) electrons. The second kappa shape index (κ2) is 7.18. The van der Waals surface area contributed by atoms with Crippen molar-refractivity contribution in [2.24, 2.45) is 0 Å². The fraction of sp³-hybridized carbons (Fsp3) is 0.316. The van der Waals surface area contributed by atoms with Crippen LogP contribution in [0, 0.1) is 0 Å². The number of nitrogens with one attached hydrogen (secondary N) is 1. The number of ether oxygens (including phenoxy) is 1. The van der Waals surface area contributed by atoms with E-state index in [4.69, 9.17) is 10.5 Å². The first-order valence-electron chi connectivity index (χ1n) is 7.73. The molecule has 0 spiro atoms. The molecule has 0 saturated heterocycles. The van der Waals surface area contributed by atoms with Gasteiger partial charge in [-0.25, -0.2) is 0 Å². The molecule has 3 N–H and O–H groups in total. The molecule has 0 saturated carbocycles. The van der Waals surface area contributed by atoms with Crippen LogP contribution in [0.15, 0.2) is 48.5 Å². The molecule has 122 valence electrons. The zero-order chi connectivity index (χ0) is 16.9. The lowest BCUT2D eigenvalue weighted by Crippen LogP contribution is -2.28. The van der Waals surface area contributed by atoms with Crippen molar-refractivity contribution in [2.75, 3.05) is 18.9 Å². The Morgan fingerprint density at radius 3 is 2.43 bits per heavy atom. The average Bonchev–Trinajstić information content (AvgIpc) is 2.51. The molecule has 0 aliphatic carbocycles. The van der Waals surface area contributed by atoms with E-state index in [2.05, 4.69) is 26.1 Å². The molecule has 0 fully saturated rings. The van der Waals surface area contributed by atoms with E-state index in [-0.39, 0.29) is 11.3 Å². The molecule has 2 rings (SSSR count). The topological polar surface area (TPSA) is 64.3 Å². The van der Waals surface area contributed by atoms with Gasteiger partial charge in [0.2, 0.25) is 0 Å². The van der Waals surface area contributed by atoms with Crippen LogP contribution in [-0.2, 0) is 5.41 Å². The summed E-state index contributed by atoms with van der Waals surface area (Å²) in [5.74, 6) is 0.607. The van der Waals surface area contributed by atoms with Crippen molar-refractivity contribution in [1.29, 1.82) is 0 Å². The fourth-order valence-corrected chi connectivity index (χ4v) is 2.16. The second-order valence-electron chi connectivity index (χ2n) is 6.50. The quantitative estimate of drug-likeness (QED) is 0.657. The van der Waals surface area contributed by atoms with Crippen LogP contribution in [-0.4, -0.2) is 19.1 Å². The first kappa shape index (κ1) is 16.9. The minimum Gasteiger partial charge on any atom is -0.492 e. The number of rotatable bonds is 5. The number of anilines is 1. The van der Waals surface area contributed by atoms with Crippen LogP contribution < -0.4 is 15.8 Å². The zero-order valence-corrected chi connectivity index (χ0v) is 13.9. The molecule has 0 aliphatic heterocycles. The lowest BCUT2D eigenvalue weighted by Gasteiger charge is -2.19. The van der Waals surface area contributed by atoms with Gasteiger partial charge in [0.15, 0.2) is 0 Å². The monoisotopic (exact) mass is 312 g/mol. The minimum atomic E-state index is -0.0957. The van der Waals surface area contributed by atoms with Gasteiger partial charge in [0.05, 0.1) is 6.54 Å². The van der Waals surface area contributed by atoms with Crippen LogP contribution >= 0.6 is 0 Å². The summed E-state index contributed by atoms with van der Waals surface area (Å²) in [6.07, 6.45) is 0. The van der Waals surface area contributed by atoms with Crippen molar-refractivity contribution in [3.05, 3.63) is 59.7 Å². The normalized spacial score (nSPS) is 11.1. The summed E-state index contributed by atoms with van der Waals surface area (Å²) in [4.78, 5) is 12.1. The first-order valence-corrected chi connectivity index (χ1v) is 7.73. The molecule has 2 aromatic carbocycles. The predicted molar refractivity (Wildman–Crippen MR) is 93.8 cm³/mol. The molecule has 0 aromatic heterocycles. The largest absolute Gasteiger partial charge is 0.492 e. The van der Waals surface area contributed by atoms with Crippen molar-refractivity contribution in [1.82, 2.24) is 5.32 Å². The number of hydrogen-bond donors (Lipinski definition) is 2. The van der Waals surface area contributed by atoms with Gasteiger partial charge in [-0.2, -0.15) is 0 Å². The number of hydrogen-bond acceptors (Lipinski definition) is 3. The van der Waals surface area contributed by atoms with Crippen LogP contribution in [0.25, 0.3) is 0 Å². The van der Waals surface area contributed by atoms with E-state index in [9.17, 15) is 4.79 Å². The Kier molecular flexibility index (Phi) is 5.27. The summed E-state index contributed by atoms with van der Waals surface area (Å²) in [5.41, 5.74) is 8.28. The number of carbonyl (C=O) groups is 1. The Labute approximate surface area is 137 Å². The van der Waals surface area contributed by atoms with Crippen molar-refractivity contribution in [3.8, 4) is 5.75 Å². The van der Waals surface area contributed by atoms with E-state index in [1.807, 2.05) is 36.4 Å². The van der Waals surface area contributed by atoms with E-state index in [1.54, 1.807) is 12.1 Å². The summed E-state index contributed by atoms with van der Waals surface area (Å²) in [6, 6.07) is 14.9. The lowest BCUT2D eigenvalue weighted by atomic mass is 9.87. The van der Waals surface area contributed by atoms with Crippen molar-refractivity contribution in [3.63, 3.8) is 0 Å². The number of nitrogen functional groups attached to an aromatic ring is 1.